The maximum absolute atomic E-state index is 10.7. The molecule has 4 N–H and O–H groups in total. The van der Waals surface area contributed by atoms with Crippen LogP contribution >= 0.6 is 0 Å². The lowest BCUT2D eigenvalue weighted by atomic mass is 10.0. The highest BCUT2D eigenvalue weighted by Crippen LogP contribution is 2.15. The summed E-state index contributed by atoms with van der Waals surface area (Å²) >= 11 is 0. The van der Waals surface area contributed by atoms with E-state index in [1.807, 2.05) is 0 Å². The molecule has 0 radical (unpaired) electrons. The van der Waals surface area contributed by atoms with Crippen LogP contribution in [-0.4, -0.2) is 57.4 Å². The van der Waals surface area contributed by atoms with Crippen molar-refractivity contribution in [3.05, 3.63) is 0 Å². The second kappa shape index (κ2) is 3.36. The number of hydrogen-bond acceptors (Lipinski definition) is 6. The third-order valence-corrected chi connectivity index (χ3v) is 1.74. The molecule has 0 spiro atoms. The van der Waals surface area contributed by atoms with Gasteiger partial charge < -0.3 is 25.2 Å². The predicted octanol–water partition coefficient (Wildman–Crippen LogP) is -3.01. The number of aliphatic hydroxyl groups is 4. The number of ether oxygens (including phenoxy) is 1. The first-order valence-corrected chi connectivity index (χ1v) is 3.43. The zero-order valence-corrected chi connectivity index (χ0v) is 6.12. The topological polar surface area (TPSA) is 107 Å². The molecule has 4 atom stereocenters. The molecule has 1 fully saturated rings. The van der Waals surface area contributed by atoms with Crippen LogP contribution < -0.4 is 0 Å². The molecule has 1 saturated heterocycles. The van der Waals surface area contributed by atoms with E-state index in [2.05, 4.69) is 4.74 Å². The maximum Gasteiger partial charge on any atom is 0.338 e. The number of esters is 1. The standard InChI is InChI=1S/C6H10O6/c7-1-2-3(8)4(9)5(10)6(11)12-2/h2-5,7-10H,1H2/t2-,3?,4+,5-/m1/s1. The molecular formula is C6H10O6. The van der Waals surface area contributed by atoms with Crippen molar-refractivity contribution in [2.24, 2.45) is 0 Å². The molecule has 1 rings (SSSR count). The van der Waals surface area contributed by atoms with Crippen molar-refractivity contribution in [1.82, 2.24) is 0 Å². The first kappa shape index (κ1) is 9.40. The minimum Gasteiger partial charge on any atom is -0.455 e. The van der Waals surface area contributed by atoms with E-state index in [4.69, 9.17) is 20.4 Å². The molecular weight excluding hydrogens is 168 g/mol. The van der Waals surface area contributed by atoms with Crippen LogP contribution in [0.4, 0.5) is 0 Å². The Morgan fingerprint density at radius 1 is 1.25 bits per heavy atom. The van der Waals surface area contributed by atoms with Gasteiger partial charge in [-0.2, -0.15) is 0 Å². The van der Waals surface area contributed by atoms with Crippen molar-refractivity contribution in [3.63, 3.8) is 0 Å². The van der Waals surface area contributed by atoms with Crippen molar-refractivity contribution in [2.45, 2.75) is 24.4 Å². The molecule has 1 unspecified atom stereocenters. The second-order valence-corrected chi connectivity index (χ2v) is 2.58. The van der Waals surface area contributed by atoms with E-state index in [1.54, 1.807) is 0 Å². The van der Waals surface area contributed by atoms with Gasteiger partial charge in [0.25, 0.3) is 0 Å². The molecule has 6 heteroatoms. The fourth-order valence-corrected chi connectivity index (χ4v) is 0.980. The molecule has 12 heavy (non-hydrogen) atoms. The van der Waals surface area contributed by atoms with Gasteiger partial charge in [-0.1, -0.05) is 0 Å². The number of carbonyl (C=O) groups excluding carboxylic acids is 1. The van der Waals surface area contributed by atoms with Crippen LogP contribution in [0.5, 0.6) is 0 Å². The molecule has 0 aromatic heterocycles. The van der Waals surface area contributed by atoms with Gasteiger partial charge in [0.15, 0.2) is 12.2 Å². The molecule has 1 heterocycles. The van der Waals surface area contributed by atoms with Crippen LogP contribution in [0, 0.1) is 0 Å². The van der Waals surface area contributed by atoms with Crippen molar-refractivity contribution in [3.8, 4) is 0 Å². The van der Waals surface area contributed by atoms with Gasteiger partial charge in [-0.25, -0.2) is 4.79 Å². The second-order valence-electron chi connectivity index (χ2n) is 2.58. The van der Waals surface area contributed by atoms with E-state index in [0.717, 1.165) is 0 Å². The Morgan fingerprint density at radius 2 is 1.83 bits per heavy atom. The van der Waals surface area contributed by atoms with Crippen LogP contribution in [-0.2, 0) is 9.53 Å². The summed E-state index contributed by atoms with van der Waals surface area (Å²) in [7, 11) is 0. The summed E-state index contributed by atoms with van der Waals surface area (Å²) in [6.45, 7) is -0.587. The summed E-state index contributed by atoms with van der Waals surface area (Å²) in [5.74, 6) is -1.04. The highest BCUT2D eigenvalue weighted by molar-refractivity contribution is 5.76. The highest BCUT2D eigenvalue weighted by Gasteiger charge is 2.43. The zero-order valence-electron chi connectivity index (χ0n) is 6.12. The van der Waals surface area contributed by atoms with Gasteiger partial charge in [0, 0.05) is 0 Å². The summed E-state index contributed by atoms with van der Waals surface area (Å²) in [6, 6.07) is 0. The Labute approximate surface area is 68.0 Å². The van der Waals surface area contributed by atoms with Crippen molar-refractivity contribution in [2.75, 3.05) is 6.61 Å². The Hall–Kier alpha value is -0.690. The molecule has 6 nitrogen and oxygen atoms in total. The first-order chi connectivity index (χ1) is 5.57. The summed E-state index contributed by atoms with van der Waals surface area (Å²) in [5.41, 5.74) is 0. The van der Waals surface area contributed by atoms with Gasteiger partial charge in [0.1, 0.15) is 12.2 Å². The number of cyclic esters (lactones) is 1. The lowest BCUT2D eigenvalue weighted by Crippen LogP contribution is -2.56. The summed E-state index contributed by atoms with van der Waals surface area (Å²) in [6.07, 6.45) is -5.93. The smallest absolute Gasteiger partial charge is 0.338 e. The third-order valence-electron chi connectivity index (χ3n) is 1.74. The van der Waals surface area contributed by atoms with Crippen LogP contribution in [0.25, 0.3) is 0 Å². The molecule has 0 aromatic carbocycles. The lowest BCUT2D eigenvalue weighted by Gasteiger charge is -2.32. The summed E-state index contributed by atoms with van der Waals surface area (Å²) in [5, 5.41) is 35.5. The van der Waals surface area contributed by atoms with Crippen LogP contribution in [0.1, 0.15) is 0 Å². The van der Waals surface area contributed by atoms with E-state index in [0.29, 0.717) is 0 Å². The monoisotopic (exact) mass is 178 g/mol. The average molecular weight is 178 g/mol. The van der Waals surface area contributed by atoms with Crippen molar-refractivity contribution < 1.29 is 30.0 Å². The number of rotatable bonds is 1. The first-order valence-electron chi connectivity index (χ1n) is 3.43. The quantitative estimate of drug-likeness (QED) is 0.318. The molecule has 0 aromatic rings. The van der Waals surface area contributed by atoms with Gasteiger partial charge >= 0.3 is 5.97 Å². The Balaban J connectivity index is 2.70. The maximum atomic E-state index is 10.7. The molecule has 1 aliphatic rings. The molecule has 0 bridgehead atoms. The normalized spacial score (nSPS) is 42.5. The van der Waals surface area contributed by atoms with E-state index >= 15 is 0 Å². The van der Waals surface area contributed by atoms with Gasteiger partial charge in [-0.15, -0.1) is 0 Å². The fourth-order valence-electron chi connectivity index (χ4n) is 0.980. The number of hydrogen-bond donors (Lipinski definition) is 4. The molecule has 1 aliphatic heterocycles. The zero-order chi connectivity index (χ0) is 9.30. The Bertz CT molecular complexity index is 179. The lowest BCUT2D eigenvalue weighted by molar-refractivity contribution is -0.206. The van der Waals surface area contributed by atoms with Gasteiger partial charge in [-0.05, 0) is 0 Å². The number of carbonyl (C=O) groups is 1. The molecule has 70 valence electrons. The minimum atomic E-state index is -1.73. The SMILES string of the molecule is O=C1O[C@H](CO)C(O)[C@H](O)[C@H]1O. The fraction of sp³-hybridized carbons (Fsp3) is 0.833. The Morgan fingerprint density at radius 3 is 2.33 bits per heavy atom. The predicted molar refractivity (Wildman–Crippen MR) is 35.0 cm³/mol. The Kier molecular flexibility index (Phi) is 2.63. The minimum absolute atomic E-state index is 0.587. The van der Waals surface area contributed by atoms with Gasteiger partial charge in [-0.3, -0.25) is 0 Å². The van der Waals surface area contributed by atoms with E-state index in [1.165, 1.54) is 0 Å². The molecule has 0 amide bonds. The van der Waals surface area contributed by atoms with E-state index in [-0.39, 0.29) is 0 Å². The van der Waals surface area contributed by atoms with Gasteiger partial charge in [0.05, 0.1) is 6.61 Å². The molecule has 0 saturated carbocycles. The van der Waals surface area contributed by atoms with Crippen LogP contribution in [0.2, 0.25) is 0 Å². The summed E-state index contributed by atoms with van der Waals surface area (Å²) < 4.78 is 4.38. The average Bonchev–Trinajstić information content (AvgIpc) is 2.08. The van der Waals surface area contributed by atoms with E-state index in [9.17, 15) is 4.79 Å². The molecule has 0 aliphatic carbocycles. The largest absolute Gasteiger partial charge is 0.455 e. The highest BCUT2D eigenvalue weighted by atomic mass is 16.6. The number of aliphatic hydroxyl groups excluding tert-OH is 4. The van der Waals surface area contributed by atoms with Crippen LogP contribution in [0.15, 0.2) is 0 Å². The summed E-state index contributed by atoms with van der Waals surface area (Å²) in [4.78, 5) is 10.7. The van der Waals surface area contributed by atoms with Crippen molar-refractivity contribution >= 4 is 5.97 Å². The van der Waals surface area contributed by atoms with Gasteiger partial charge in [0.2, 0.25) is 0 Å². The van der Waals surface area contributed by atoms with E-state index < -0.39 is 37.0 Å². The van der Waals surface area contributed by atoms with Crippen molar-refractivity contribution in [1.29, 1.82) is 0 Å². The third kappa shape index (κ3) is 1.42. The van der Waals surface area contributed by atoms with Crippen LogP contribution in [0.3, 0.4) is 0 Å².